The van der Waals surface area contributed by atoms with Gasteiger partial charge in [-0.05, 0) is 43.2 Å². The fraction of sp³-hybridized carbons (Fsp3) is 0.370. The summed E-state index contributed by atoms with van der Waals surface area (Å²) in [5.74, 6) is 1.52. The molecule has 3 aromatic rings. The number of anilines is 2. The number of hydrogen-bond acceptors (Lipinski definition) is 8. The second-order valence-electron chi connectivity index (χ2n) is 9.65. The molecule has 3 saturated heterocycles. The van der Waals surface area contributed by atoms with Gasteiger partial charge >= 0.3 is 0 Å². The van der Waals surface area contributed by atoms with Crippen LogP contribution in [0.2, 0.25) is 0 Å². The van der Waals surface area contributed by atoms with Gasteiger partial charge in [-0.2, -0.15) is 0 Å². The molecular weight excluding hydrogens is 491 g/mol. The number of amides is 2. The van der Waals surface area contributed by atoms with Gasteiger partial charge in [-0.1, -0.05) is 0 Å². The number of likely N-dealkylation sites (tertiary alicyclic amines) is 1. The summed E-state index contributed by atoms with van der Waals surface area (Å²) in [6.07, 6.45) is 6.81. The Bertz CT molecular complexity index is 1290. The van der Waals surface area contributed by atoms with Crippen LogP contribution in [0.5, 0.6) is 17.4 Å². The third-order valence-corrected chi connectivity index (χ3v) is 7.05. The summed E-state index contributed by atoms with van der Waals surface area (Å²) in [4.78, 5) is 44.1. The van der Waals surface area contributed by atoms with Gasteiger partial charge in [-0.25, -0.2) is 19.3 Å². The van der Waals surface area contributed by atoms with Gasteiger partial charge in [0.1, 0.15) is 17.3 Å². The molecule has 0 radical (unpaired) electrons. The smallest absolute Gasteiger partial charge is 0.268 e. The molecule has 0 unspecified atom stereocenters. The number of carbonyl (C=O) groups is 2. The molecule has 6 rings (SSSR count). The molecule has 0 saturated carbocycles. The molecule has 38 heavy (non-hydrogen) atoms. The van der Waals surface area contributed by atoms with E-state index in [4.69, 9.17) is 9.47 Å². The van der Waals surface area contributed by atoms with E-state index in [9.17, 15) is 14.0 Å². The Hall–Kier alpha value is -4.28. The highest BCUT2D eigenvalue weighted by atomic mass is 19.1. The molecular formula is C27H27FN6O4. The second kappa shape index (κ2) is 10.2. The Labute approximate surface area is 219 Å². The van der Waals surface area contributed by atoms with Crippen LogP contribution >= 0.6 is 0 Å². The number of aromatic nitrogens is 3. The van der Waals surface area contributed by atoms with Gasteiger partial charge in [0.2, 0.25) is 17.7 Å². The van der Waals surface area contributed by atoms with E-state index in [1.807, 2.05) is 9.80 Å². The Morgan fingerprint density at radius 3 is 2.29 bits per heavy atom. The lowest BCUT2D eigenvalue weighted by Gasteiger charge is -2.39. The molecule has 0 spiro atoms. The first-order valence-electron chi connectivity index (χ1n) is 12.8. The van der Waals surface area contributed by atoms with E-state index in [0.29, 0.717) is 55.1 Å². The standard InChI is InChI=1S/C27H27FN6O4/c28-19-3-5-21(6-4-19)38-24-8-7-22(15-29-24)37-23-9-12-34(26(23)36)20-13-30-27(31-14-20)33-16-18(17-33)25(35)32-10-1-2-11-32/h3-8,13-15,18,23H,1-2,9-12,16-17H2/t23-/m1/s1. The quantitative estimate of drug-likeness (QED) is 0.471. The highest BCUT2D eigenvalue weighted by Gasteiger charge is 2.38. The maximum Gasteiger partial charge on any atom is 0.268 e. The Balaban J connectivity index is 1.01. The van der Waals surface area contributed by atoms with Gasteiger partial charge in [-0.3, -0.25) is 9.59 Å². The van der Waals surface area contributed by atoms with Crippen LogP contribution in [0, 0.1) is 11.7 Å². The predicted octanol–water partition coefficient (Wildman–Crippen LogP) is 3.05. The molecule has 1 atom stereocenters. The SMILES string of the molecule is O=C(C1CN(c2ncc(N3CC[C@@H](Oc4ccc(Oc5ccc(F)cc5)nc4)C3=O)cn2)C1)N1CCCC1. The van der Waals surface area contributed by atoms with Crippen molar-refractivity contribution in [2.45, 2.75) is 25.4 Å². The topological polar surface area (TPSA) is 101 Å². The summed E-state index contributed by atoms with van der Waals surface area (Å²) >= 11 is 0. The van der Waals surface area contributed by atoms with Crippen LogP contribution in [0.4, 0.5) is 16.0 Å². The monoisotopic (exact) mass is 518 g/mol. The highest BCUT2D eigenvalue weighted by molar-refractivity contribution is 5.98. The van der Waals surface area contributed by atoms with Gasteiger partial charge in [0.05, 0.1) is 30.2 Å². The zero-order valence-electron chi connectivity index (χ0n) is 20.7. The van der Waals surface area contributed by atoms with Crippen molar-refractivity contribution in [1.29, 1.82) is 0 Å². The molecule has 0 aliphatic carbocycles. The number of halogens is 1. The first-order chi connectivity index (χ1) is 18.5. The van der Waals surface area contributed by atoms with Crippen molar-refractivity contribution >= 4 is 23.5 Å². The van der Waals surface area contributed by atoms with Crippen molar-refractivity contribution in [2.24, 2.45) is 5.92 Å². The molecule has 3 aliphatic heterocycles. The van der Waals surface area contributed by atoms with Gasteiger partial charge in [-0.15, -0.1) is 0 Å². The zero-order chi connectivity index (χ0) is 26.1. The normalized spacial score (nSPS) is 19.6. The van der Waals surface area contributed by atoms with Crippen LogP contribution in [0.15, 0.2) is 55.0 Å². The highest BCUT2D eigenvalue weighted by Crippen LogP contribution is 2.28. The van der Waals surface area contributed by atoms with Crippen LogP contribution in [0.1, 0.15) is 19.3 Å². The lowest BCUT2D eigenvalue weighted by Crippen LogP contribution is -2.54. The minimum Gasteiger partial charge on any atom is -0.479 e. The largest absolute Gasteiger partial charge is 0.479 e. The molecule has 0 bridgehead atoms. The van der Waals surface area contributed by atoms with E-state index in [0.717, 1.165) is 25.9 Å². The minimum absolute atomic E-state index is 0.00692. The zero-order valence-corrected chi connectivity index (χ0v) is 20.7. The number of pyridine rings is 1. The first-order valence-corrected chi connectivity index (χ1v) is 12.8. The van der Waals surface area contributed by atoms with Crippen LogP contribution in [-0.4, -0.2) is 70.5 Å². The first kappa shape index (κ1) is 24.1. The van der Waals surface area contributed by atoms with E-state index in [1.165, 1.54) is 30.5 Å². The molecule has 11 heteroatoms. The van der Waals surface area contributed by atoms with E-state index in [1.54, 1.807) is 29.4 Å². The molecule has 10 nitrogen and oxygen atoms in total. The van der Waals surface area contributed by atoms with Crippen molar-refractivity contribution in [3.8, 4) is 17.4 Å². The van der Waals surface area contributed by atoms with Crippen LogP contribution < -0.4 is 19.3 Å². The van der Waals surface area contributed by atoms with Crippen LogP contribution in [0.25, 0.3) is 0 Å². The van der Waals surface area contributed by atoms with E-state index < -0.39 is 6.10 Å². The summed E-state index contributed by atoms with van der Waals surface area (Å²) in [5, 5.41) is 0. The van der Waals surface area contributed by atoms with Crippen molar-refractivity contribution in [3.63, 3.8) is 0 Å². The summed E-state index contributed by atoms with van der Waals surface area (Å²) < 4.78 is 24.5. The minimum atomic E-state index is -0.645. The summed E-state index contributed by atoms with van der Waals surface area (Å²) in [6, 6.07) is 8.94. The van der Waals surface area contributed by atoms with E-state index in [2.05, 4.69) is 15.0 Å². The maximum atomic E-state index is 13.0. The summed E-state index contributed by atoms with van der Waals surface area (Å²) in [5.41, 5.74) is 0.608. The van der Waals surface area contributed by atoms with Crippen molar-refractivity contribution in [3.05, 3.63) is 60.8 Å². The molecule has 2 aromatic heterocycles. The molecule has 196 valence electrons. The third-order valence-electron chi connectivity index (χ3n) is 7.05. The Kier molecular flexibility index (Phi) is 6.48. The van der Waals surface area contributed by atoms with E-state index in [-0.39, 0.29) is 23.5 Å². The van der Waals surface area contributed by atoms with Gasteiger partial charge < -0.3 is 24.2 Å². The number of benzene rings is 1. The second-order valence-corrected chi connectivity index (χ2v) is 9.65. The molecule has 1 aromatic carbocycles. The number of carbonyl (C=O) groups excluding carboxylic acids is 2. The molecule has 2 amide bonds. The molecule has 3 fully saturated rings. The Morgan fingerprint density at radius 2 is 1.61 bits per heavy atom. The molecule has 5 heterocycles. The van der Waals surface area contributed by atoms with Crippen LogP contribution in [-0.2, 0) is 9.59 Å². The average molecular weight is 519 g/mol. The lowest BCUT2D eigenvalue weighted by atomic mass is 9.99. The van der Waals surface area contributed by atoms with Crippen LogP contribution in [0.3, 0.4) is 0 Å². The lowest BCUT2D eigenvalue weighted by molar-refractivity contribution is -0.135. The summed E-state index contributed by atoms with van der Waals surface area (Å²) in [7, 11) is 0. The van der Waals surface area contributed by atoms with Gasteiger partial charge in [0, 0.05) is 45.2 Å². The molecule has 3 aliphatic rings. The van der Waals surface area contributed by atoms with Crippen molar-refractivity contribution in [1.82, 2.24) is 19.9 Å². The number of nitrogens with zero attached hydrogens (tertiary/aromatic N) is 6. The van der Waals surface area contributed by atoms with Crippen molar-refractivity contribution < 1.29 is 23.5 Å². The number of ether oxygens (including phenoxy) is 2. The fourth-order valence-electron chi connectivity index (χ4n) is 4.91. The van der Waals surface area contributed by atoms with Gasteiger partial charge in [0.25, 0.3) is 5.91 Å². The Morgan fingerprint density at radius 1 is 0.895 bits per heavy atom. The van der Waals surface area contributed by atoms with Crippen molar-refractivity contribution in [2.75, 3.05) is 42.5 Å². The summed E-state index contributed by atoms with van der Waals surface area (Å²) in [6.45, 7) is 3.46. The third kappa shape index (κ3) is 4.96. The maximum absolute atomic E-state index is 13.0. The average Bonchev–Trinajstić information content (AvgIpc) is 3.57. The number of rotatable bonds is 7. The van der Waals surface area contributed by atoms with E-state index >= 15 is 0 Å². The predicted molar refractivity (Wildman–Crippen MR) is 136 cm³/mol. The number of hydrogen-bond donors (Lipinski definition) is 0. The fourth-order valence-corrected chi connectivity index (χ4v) is 4.91. The van der Waals surface area contributed by atoms with Gasteiger partial charge in [0.15, 0.2) is 6.10 Å². The molecule has 0 N–H and O–H groups in total.